The number of ether oxygens (including phenoxy) is 1. The molecule has 0 aromatic rings. The molecule has 110 valence electrons. The second-order valence-corrected chi connectivity index (χ2v) is 5.50. The minimum absolute atomic E-state index is 0. The third-order valence-electron chi connectivity index (χ3n) is 3.85. The predicted molar refractivity (Wildman–Crippen MR) is 84.7 cm³/mol. The lowest BCUT2D eigenvalue weighted by atomic mass is 9.96. The fourth-order valence-corrected chi connectivity index (χ4v) is 2.56. The maximum absolute atomic E-state index is 5.79. The normalized spacial score (nSPS) is 21.3. The van der Waals surface area contributed by atoms with E-state index in [1.165, 1.54) is 51.4 Å². The zero-order valence-electron chi connectivity index (χ0n) is 12.2. The fraction of sp³-hybridized carbons (Fsp3) is 1.00. The highest BCUT2D eigenvalue weighted by molar-refractivity contribution is 8.93. The molecule has 0 aliphatic carbocycles. The minimum atomic E-state index is 0. The van der Waals surface area contributed by atoms with Gasteiger partial charge in [0, 0.05) is 13.1 Å². The van der Waals surface area contributed by atoms with E-state index >= 15 is 0 Å². The molecule has 2 nitrogen and oxygen atoms in total. The largest absolute Gasteiger partial charge is 0.375 e. The summed E-state index contributed by atoms with van der Waals surface area (Å²) in [6.45, 7) is 7.60. The van der Waals surface area contributed by atoms with Gasteiger partial charge in [0.15, 0.2) is 0 Å². The Labute approximate surface area is 124 Å². The number of nitrogens with one attached hydrogen (secondary N) is 1. The predicted octanol–water partition coefficient (Wildman–Crippen LogP) is 4.33. The van der Waals surface area contributed by atoms with Crippen LogP contribution < -0.4 is 5.32 Å². The summed E-state index contributed by atoms with van der Waals surface area (Å²) >= 11 is 0. The Bertz CT molecular complexity index is 172. The molecule has 1 heterocycles. The van der Waals surface area contributed by atoms with Crippen LogP contribution in [0.4, 0.5) is 0 Å². The van der Waals surface area contributed by atoms with Crippen LogP contribution in [0, 0.1) is 5.92 Å². The Morgan fingerprint density at radius 2 is 1.78 bits per heavy atom. The molecule has 1 saturated heterocycles. The third-order valence-corrected chi connectivity index (χ3v) is 3.85. The molecular formula is C15H32BrNO. The van der Waals surface area contributed by atoms with Crippen LogP contribution in [-0.4, -0.2) is 25.8 Å². The van der Waals surface area contributed by atoms with Gasteiger partial charge in [0.1, 0.15) is 0 Å². The molecule has 2 unspecified atom stereocenters. The van der Waals surface area contributed by atoms with Crippen LogP contribution in [0.5, 0.6) is 0 Å². The third kappa shape index (κ3) is 8.49. The smallest absolute Gasteiger partial charge is 0.0725 e. The average Bonchev–Trinajstić information content (AvgIpc) is 2.38. The molecular weight excluding hydrogens is 290 g/mol. The lowest BCUT2D eigenvalue weighted by molar-refractivity contribution is -0.00692. The topological polar surface area (TPSA) is 21.3 Å². The van der Waals surface area contributed by atoms with Crippen LogP contribution in [0.1, 0.15) is 65.2 Å². The number of hydrogen-bond donors (Lipinski definition) is 1. The summed E-state index contributed by atoms with van der Waals surface area (Å²) in [6.07, 6.45) is 11.6. The maximum Gasteiger partial charge on any atom is 0.0725 e. The summed E-state index contributed by atoms with van der Waals surface area (Å²) in [6, 6.07) is 0. The van der Waals surface area contributed by atoms with Crippen LogP contribution >= 0.6 is 17.0 Å². The molecule has 0 saturated carbocycles. The van der Waals surface area contributed by atoms with Gasteiger partial charge in [-0.1, -0.05) is 58.8 Å². The molecule has 18 heavy (non-hydrogen) atoms. The fourth-order valence-electron chi connectivity index (χ4n) is 2.56. The van der Waals surface area contributed by atoms with Crippen molar-refractivity contribution in [1.82, 2.24) is 5.32 Å². The zero-order chi connectivity index (χ0) is 12.3. The molecule has 0 aromatic heterocycles. The van der Waals surface area contributed by atoms with Gasteiger partial charge in [-0.2, -0.15) is 0 Å². The van der Waals surface area contributed by atoms with E-state index in [2.05, 4.69) is 19.2 Å². The SMILES string of the molecule is Br.CCCCCCCCCC(C)C1CNCCO1. The van der Waals surface area contributed by atoms with Gasteiger partial charge in [0.05, 0.1) is 12.7 Å². The van der Waals surface area contributed by atoms with Crippen molar-refractivity contribution >= 4 is 17.0 Å². The first-order valence-electron chi connectivity index (χ1n) is 7.67. The van der Waals surface area contributed by atoms with E-state index in [-0.39, 0.29) is 17.0 Å². The second-order valence-electron chi connectivity index (χ2n) is 5.50. The van der Waals surface area contributed by atoms with Crippen molar-refractivity contribution in [3.63, 3.8) is 0 Å². The Kier molecular flexibility index (Phi) is 12.7. The van der Waals surface area contributed by atoms with Gasteiger partial charge in [-0.3, -0.25) is 0 Å². The molecule has 1 aliphatic heterocycles. The highest BCUT2D eigenvalue weighted by atomic mass is 79.9. The van der Waals surface area contributed by atoms with E-state index in [9.17, 15) is 0 Å². The van der Waals surface area contributed by atoms with Gasteiger partial charge >= 0.3 is 0 Å². The molecule has 0 spiro atoms. The molecule has 0 aromatic carbocycles. The van der Waals surface area contributed by atoms with Crippen molar-refractivity contribution in [1.29, 1.82) is 0 Å². The Balaban J connectivity index is 0.00000289. The van der Waals surface area contributed by atoms with E-state index < -0.39 is 0 Å². The monoisotopic (exact) mass is 321 g/mol. The van der Waals surface area contributed by atoms with Crippen molar-refractivity contribution in [3.05, 3.63) is 0 Å². The molecule has 1 aliphatic rings. The van der Waals surface area contributed by atoms with Gasteiger partial charge in [0.2, 0.25) is 0 Å². The molecule has 2 atom stereocenters. The summed E-state index contributed by atoms with van der Waals surface area (Å²) < 4.78 is 5.79. The standard InChI is InChI=1S/C15H31NO.BrH/c1-3-4-5-6-7-8-9-10-14(2)15-13-16-11-12-17-15;/h14-16H,3-13H2,1-2H3;1H. The molecule has 3 heteroatoms. The van der Waals surface area contributed by atoms with Crippen molar-refractivity contribution < 1.29 is 4.74 Å². The van der Waals surface area contributed by atoms with Crippen molar-refractivity contribution in [2.75, 3.05) is 19.7 Å². The van der Waals surface area contributed by atoms with Crippen LogP contribution in [0.15, 0.2) is 0 Å². The number of unbranched alkanes of at least 4 members (excludes halogenated alkanes) is 6. The summed E-state index contributed by atoms with van der Waals surface area (Å²) in [5, 5.41) is 3.42. The number of hydrogen-bond acceptors (Lipinski definition) is 2. The first-order chi connectivity index (χ1) is 8.34. The van der Waals surface area contributed by atoms with Crippen LogP contribution in [0.25, 0.3) is 0 Å². The Morgan fingerprint density at radius 3 is 2.39 bits per heavy atom. The Morgan fingerprint density at radius 1 is 1.11 bits per heavy atom. The van der Waals surface area contributed by atoms with Crippen molar-refractivity contribution in [2.24, 2.45) is 5.92 Å². The molecule has 1 fully saturated rings. The van der Waals surface area contributed by atoms with E-state index in [0.29, 0.717) is 6.10 Å². The maximum atomic E-state index is 5.79. The van der Waals surface area contributed by atoms with Gasteiger partial charge < -0.3 is 10.1 Å². The first kappa shape index (κ1) is 18.4. The number of morpholine rings is 1. The number of rotatable bonds is 9. The van der Waals surface area contributed by atoms with Gasteiger partial charge in [-0.25, -0.2) is 0 Å². The van der Waals surface area contributed by atoms with E-state index in [0.717, 1.165) is 25.6 Å². The van der Waals surface area contributed by atoms with Crippen molar-refractivity contribution in [3.8, 4) is 0 Å². The van der Waals surface area contributed by atoms with E-state index in [1.54, 1.807) is 0 Å². The molecule has 1 N–H and O–H groups in total. The van der Waals surface area contributed by atoms with Crippen LogP contribution in [-0.2, 0) is 4.74 Å². The second kappa shape index (κ2) is 12.4. The summed E-state index contributed by atoms with van der Waals surface area (Å²) in [4.78, 5) is 0. The summed E-state index contributed by atoms with van der Waals surface area (Å²) in [5.74, 6) is 0.721. The Hall–Kier alpha value is 0.400. The molecule has 0 amide bonds. The van der Waals surface area contributed by atoms with Gasteiger partial charge in [0.25, 0.3) is 0 Å². The number of halogens is 1. The van der Waals surface area contributed by atoms with Crippen LogP contribution in [0.2, 0.25) is 0 Å². The van der Waals surface area contributed by atoms with Crippen LogP contribution in [0.3, 0.4) is 0 Å². The molecule has 1 rings (SSSR count). The molecule has 0 radical (unpaired) electrons. The highest BCUT2D eigenvalue weighted by Gasteiger charge is 2.19. The first-order valence-corrected chi connectivity index (χ1v) is 7.67. The summed E-state index contributed by atoms with van der Waals surface area (Å²) in [5.41, 5.74) is 0. The zero-order valence-corrected chi connectivity index (χ0v) is 14.0. The lowest BCUT2D eigenvalue weighted by Gasteiger charge is -2.28. The van der Waals surface area contributed by atoms with Crippen molar-refractivity contribution in [2.45, 2.75) is 71.3 Å². The van der Waals surface area contributed by atoms with Gasteiger partial charge in [-0.15, -0.1) is 17.0 Å². The molecule has 0 bridgehead atoms. The van der Waals surface area contributed by atoms with E-state index in [4.69, 9.17) is 4.74 Å². The minimum Gasteiger partial charge on any atom is -0.375 e. The van der Waals surface area contributed by atoms with E-state index in [1.807, 2.05) is 0 Å². The quantitative estimate of drug-likeness (QED) is 0.638. The summed E-state index contributed by atoms with van der Waals surface area (Å²) in [7, 11) is 0. The van der Waals surface area contributed by atoms with Gasteiger partial charge in [-0.05, 0) is 12.3 Å². The lowest BCUT2D eigenvalue weighted by Crippen LogP contribution is -2.41. The highest BCUT2D eigenvalue weighted by Crippen LogP contribution is 2.18. The average molecular weight is 322 g/mol.